The number of halogens is 2. The van der Waals surface area contributed by atoms with Crippen LogP contribution in [-0.2, 0) is 11.4 Å². The predicted octanol–water partition coefficient (Wildman–Crippen LogP) is 6.24. The van der Waals surface area contributed by atoms with Crippen LogP contribution in [0, 0.1) is 11.3 Å². The van der Waals surface area contributed by atoms with Crippen LogP contribution in [0.4, 0.5) is 0 Å². The molecule has 1 heterocycles. The van der Waals surface area contributed by atoms with Gasteiger partial charge in [-0.3, -0.25) is 9.59 Å². The number of benzene rings is 3. The van der Waals surface area contributed by atoms with Gasteiger partial charge in [-0.15, -0.1) is 0 Å². The number of amidine groups is 1. The summed E-state index contributed by atoms with van der Waals surface area (Å²) < 4.78 is 11.7. The highest BCUT2D eigenvalue weighted by Gasteiger charge is 2.25. The molecular weight excluding hydrogens is 533 g/mol. The Morgan fingerprint density at radius 2 is 1.89 bits per heavy atom. The van der Waals surface area contributed by atoms with E-state index in [1.165, 1.54) is 0 Å². The van der Waals surface area contributed by atoms with Gasteiger partial charge in [-0.1, -0.05) is 41.4 Å². The Kier molecular flexibility index (Phi) is 8.51. The first-order valence-corrected chi connectivity index (χ1v) is 12.6. The van der Waals surface area contributed by atoms with Crippen LogP contribution in [-0.4, -0.2) is 23.6 Å². The van der Waals surface area contributed by atoms with Crippen molar-refractivity contribution in [3.05, 3.63) is 97.9 Å². The van der Waals surface area contributed by atoms with E-state index in [2.05, 4.69) is 16.4 Å². The number of carbonyl (C=O) groups is 2. The zero-order valence-electron chi connectivity index (χ0n) is 19.5. The van der Waals surface area contributed by atoms with Gasteiger partial charge in [0, 0.05) is 16.1 Å². The summed E-state index contributed by atoms with van der Waals surface area (Å²) in [6.45, 7) is 2.32. The molecule has 1 aliphatic rings. The smallest absolute Gasteiger partial charge is 0.279 e. The van der Waals surface area contributed by atoms with Crippen molar-refractivity contribution in [1.82, 2.24) is 5.32 Å². The first kappa shape index (κ1) is 26.3. The van der Waals surface area contributed by atoms with Crippen LogP contribution >= 0.6 is 35.0 Å². The summed E-state index contributed by atoms with van der Waals surface area (Å²) in [6, 6.07) is 18.9. The fraction of sp³-hybridized carbons (Fsp3) is 0.111. The second-order valence-corrected chi connectivity index (χ2v) is 9.49. The highest BCUT2D eigenvalue weighted by atomic mass is 35.5. The Morgan fingerprint density at radius 3 is 2.62 bits per heavy atom. The van der Waals surface area contributed by atoms with E-state index in [1.54, 1.807) is 60.7 Å². The molecule has 1 saturated heterocycles. The van der Waals surface area contributed by atoms with Crippen molar-refractivity contribution in [3.63, 3.8) is 0 Å². The summed E-state index contributed by atoms with van der Waals surface area (Å²) in [5.41, 5.74) is 2.18. The van der Waals surface area contributed by atoms with Crippen molar-refractivity contribution in [2.45, 2.75) is 13.5 Å². The third-order valence-corrected chi connectivity index (χ3v) is 6.53. The van der Waals surface area contributed by atoms with E-state index < -0.39 is 11.8 Å². The van der Waals surface area contributed by atoms with Crippen LogP contribution in [0.3, 0.4) is 0 Å². The number of rotatable bonds is 7. The molecule has 0 bridgehead atoms. The lowest BCUT2D eigenvalue weighted by Crippen LogP contribution is -2.20. The average Bonchev–Trinajstić information content (AvgIpc) is 3.22. The van der Waals surface area contributed by atoms with Crippen molar-refractivity contribution >= 4 is 58.0 Å². The molecule has 0 saturated carbocycles. The molecule has 3 aromatic rings. The highest BCUT2D eigenvalue weighted by Crippen LogP contribution is 2.39. The number of nitriles is 1. The molecule has 186 valence electrons. The van der Waals surface area contributed by atoms with E-state index in [9.17, 15) is 14.9 Å². The Labute approximate surface area is 227 Å². The minimum absolute atomic E-state index is 0.129. The van der Waals surface area contributed by atoms with Crippen molar-refractivity contribution in [2.75, 3.05) is 6.61 Å². The number of carbonyl (C=O) groups excluding carboxylic acids is 2. The van der Waals surface area contributed by atoms with E-state index in [4.69, 9.17) is 32.7 Å². The maximum Gasteiger partial charge on any atom is 0.279 e. The van der Waals surface area contributed by atoms with Crippen LogP contribution in [0.1, 0.15) is 34.0 Å². The zero-order chi connectivity index (χ0) is 26.4. The Hall–Kier alpha value is -3.77. The number of aliphatic imine (C=N–C) groups is 1. The molecule has 0 radical (unpaired) electrons. The standard InChI is InChI=1S/C27H19Cl2N3O4S/c1-2-35-22-12-16(11-21(29)24(22)36-15-19-6-4-3-5-18(19)14-30)13-23-26(34)32-27(37-23)31-25(33)17-7-9-20(28)10-8-17/h3-13H,2,15H2,1H3,(H,31,32,33,34)/b23-13-. The Balaban J connectivity index is 1.55. The van der Waals surface area contributed by atoms with E-state index in [-0.39, 0.29) is 16.8 Å². The molecule has 1 fully saturated rings. The van der Waals surface area contributed by atoms with Crippen LogP contribution in [0.15, 0.2) is 70.6 Å². The van der Waals surface area contributed by atoms with Crippen LogP contribution in [0.2, 0.25) is 10.0 Å². The van der Waals surface area contributed by atoms with Crippen molar-refractivity contribution in [1.29, 1.82) is 5.26 Å². The minimum Gasteiger partial charge on any atom is -0.490 e. The molecule has 1 N–H and O–H groups in total. The van der Waals surface area contributed by atoms with E-state index in [1.807, 2.05) is 13.0 Å². The van der Waals surface area contributed by atoms with Crippen LogP contribution in [0.5, 0.6) is 11.5 Å². The zero-order valence-corrected chi connectivity index (χ0v) is 21.8. The number of amides is 2. The number of hydrogen-bond donors (Lipinski definition) is 1. The summed E-state index contributed by atoms with van der Waals surface area (Å²) in [5, 5.41) is 12.9. The predicted molar refractivity (Wildman–Crippen MR) is 145 cm³/mol. The quantitative estimate of drug-likeness (QED) is 0.348. The number of thioether (sulfide) groups is 1. The van der Waals surface area contributed by atoms with Crippen molar-refractivity contribution < 1.29 is 19.1 Å². The van der Waals surface area contributed by atoms with Gasteiger partial charge in [0.15, 0.2) is 16.7 Å². The second kappa shape index (κ2) is 12.0. The molecule has 10 heteroatoms. The molecule has 0 unspecified atom stereocenters. The fourth-order valence-corrected chi connectivity index (χ4v) is 4.58. The third-order valence-electron chi connectivity index (χ3n) is 5.08. The van der Waals surface area contributed by atoms with Gasteiger partial charge in [0.1, 0.15) is 6.61 Å². The van der Waals surface area contributed by atoms with Crippen molar-refractivity contribution in [2.24, 2.45) is 4.99 Å². The molecule has 0 aromatic heterocycles. The van der Waals surface area contributed by atoms with Gasteiger partial charge in [-0.2, -0.15) is 10.3 Å². The number of ether oxygens (including phenoxy) is 2. The monoisotopic (exact) mass is 551 g/mol. The van der Waals surface area contributed by atoms with Crippen molar-refractivity contribution in [3.8, 4) is 17.6 Å². The number of nitrogens with zero attached hydrogens (tertiary/aromatic N) is 2. The summed E-state index contributed by atoms with van der Waals surface area (Å²) in [4.78, 5) is 29.2. The molecule has 2 amide bonds. The largest absolute Gasteiger partial charge is 0.490 e. The number of hydrogen-bond acceptors (Lipinski definition) is 6. The molecular formula is C27H19Cl2N3O4S. The maximum atomic E-state index is 12.5. The van der Waals surface area contributed by atoms with Gasteiger partial charge in [-0.05, 0) is 72.8 Å². The van der Waals surface area contributed by atoms with Gasteiger partial charge >= 0.3 is 0 Å². The molecule has 0 aliphatic carbocycles. The Bertz CT molecular complexity index is 1460. The lowest BCUT2D eigenvalue weighted by Gasteiger charge is -2.15. The average molecular weight is 552 g/mol. The maximum absolute atomic E-state index is 12.5. The molecule has 1 aliphatic heterocycles. The Morgan fingerprint density at radius 1 is 1.14 bits per heavy atom. The summed E-state index contributed by atoms with van der Waals surface area (Å²) in [5.74, 6) is -0.165. The minimum atomic E-state index is -0.498. The second-order valence-electron chi connectivity index (χ2n) is 7.61. The van der Waals surface area contributed by atoms with Crippen LogP contribution in [0.25, 0.3) is 6.08 Å². The third kappa shape index (κ3) is 6.52. The fourth-order valence-electron chi connectivity index (χ4n) is 3.36. The van der Waals surface area contributed by atoms with Gasteiger partial charge in [0.05, 0.1) is 28.2 Å². The molecule has 7 nitrogen and oxygen atoms in total. The lowest BCUT2D eigenvalue weighted by molar-refractivity contribution is -0.115. The summed E-state index contributed by atoms with van der Waals surface area (Å²) in [7, 11) is 0. The summed E-state index contributed by atoms with van der Waals surface area (Å²) >= 11 is 13.4. The first-order valence-electron chi connectivity index (χ1n) is 11.0. The lowest BCUT2D eigenvalue weighted by atomic mass is 10.1. The van der Waals surface area contributed by atoms with Gasteiger partial charge < -0.3 is 14.8 Å². The topological polar surface area (TPSA) is 101 Å². The first-order chi connectivity index (χ1) is 17.9. The SMILES string of the molecule is CCOc1cc(/C=C2\SC(=NC(=O)c3ccc(Cl)cc3)NC2=O)cc(Cl)c1OCc1ccccc1C#N. The highest BCUT2D eigenvalue weighted by molar-refractivity contribution is 8.18. The van der Waals surface area contributed by atoms with E-state index in [0.29, 0.717) is 50.3 Å². The molecule has 3 aromatic carbocycles. The summed E-state index contributed by atoms with van der Waals surface area (Å²) in [6.07, 6.45) is 1.62. The molecule has 4 rings (SSSR count). The molecule has 0 spiro atoms. The molecule has 0 atom stereocenters. The van der Waals surface area contributed by atoms with Gasteiger partial charge in [0.2, 0.25) is 0 Å². The van der Waals surface area contributed by atoms with Gasteiger partial charge in [-0.25, -0.2) is 0 Å². The molecule has 37 heavy (non-hydrogen) atoms. The van der Waals surface area contributed by atoms with Gasteiger partial charge in [0.25, 0.3) is 11.8 Å². The van der Waals surface area contributed by atoms with E-state index in [0.717, 1.165) is 11.8 Å². The normalized spacial score (nSPS) is 14.9. The van der Waals surface area contributed by atoms with E-state index >= 15 is 0 Å². The van der Waals surface area contributed by atoms with Crippen LogP contribution < -0.4 is 14.8 Å². The number of nitrogens with one attached hydrogen (secondary N) is 1.